The number of benzene rings is 1. The van der Waals surface area contributed by atoms with Gasteiger partial charge in [0, 0.05) is 57.9 Å². The Morgan fingerprint density at radius 1 is 1.25 bits per heavy atom. The van der Waals surface area contributed by atoms with Crippen LogP contribution in [0.3, 0.4) is 0 Å². The molecule has 0 amide bonds. The van der Waals surface area contributed by atoms with Crippen molar-refractivity contribution in [2.24, 2.45) is 4.99 Å². The van der Waals surface area contributed by atoms with Gasteiger partial charge in [-0.15, -0.1) is 35.3 Å². The predicted octanol–water partition coefficient (Wildman–Crippen LogP) is 3.42. The number of hydrogen-bond acceptors (Lipinski definition) is 5. The minimum Gasteiger partial charge on any atom is -0.368 e. The van der Waals surface area contributed by atoms with Gasteiger partial charge in [0.15, 0.2) is 11.1 Å². The van der Waals surface area contributed by atoms with E-state index in [1.165, 1.54) is 11.3 Å². The summed E-state index contributed by atoms with van der Waals surface area (Å²) in [4.78, 5) is 16.3. The van der Waals surface area contributed by atoms with Gasteiger partial charge in [0.2, 0.25) is 0 Å². The molecule has 1 N–H and O–H groups in total. The minimum absolute atomic E-state index is 0. The second-order valence-electron chi connectivity index (χ2n) is 7.00. The van der Waals surface area contributed by atoms with Crippen LogP contribution in [0.4, 0.5) is 10.8 Å². The fourth-order valence-corrected chi connectivity index (χ4v) is 3.91. The molecule has 1 fully saturated rings. The Morgan fingerprint density at radius 2 is 2.00 bits per heavy atom. The normalized spacial score (nSPS) is 14.6. The summed E-state index contributed by atoms with van der Waals surface area (Å²) in [5.74, 6) is 0.987. The smallest absolute Gasteiger partial charge is 0.194 e. The number of nitrogens with one attached hydrogen (secondary N) is 1. The van der Waals surface area contributed by atoms with Gasteiger partial charge in [-0.1, -0.05) is 12.1 Å². The largest absolute Gasteiger partial charge is 0.368 e. The zero-order valence-electron chi connectivity index (χ0n) is 17.2. The molecule has 28 heavy (non-hydrogen) atoms. The van der Waals surface area contributed by atoms with Crippen LogP contribution < -0.4 is 15.1 Å². The fraction of sp³-hybridized carbons (Fsp3) is 0.500. The number of aliphatic imine (C=N–C) groups is 1. The summed E-state index contributed by atoms with van der Waals surface area (Å²) >= 11 is 1.66. The molecular formula is C20H31IN6S. The molecule has 0 bridgehead atoms. The van der Waals surface area contributed by atoms with E-state index in [9.17, 15) is 0 Å². The number of aromatic nitrogens is 1. The van der Waals surface area contributed by atoms with E-state index in [0.29, 0.717) is 6.54 Å². The first kappa shape index (κ1) is 22.7. The van der Waals surface area contributed by atoms with E-state index in [0.717, 1.165) is 49.5 Å². The van der Waals surface area contributed by atoms with E-state index >= 15 is 0 Å². The number of halogens is 1. The van der Waals surface area contributed by atoms with Crippen molar-refractivity contribution in [2.45, 2.75) is 20.4 Å². The van der Waals surface area contributed by atoms with Crippen LogP contribution in [0.15, 0.2) is 34.6 Å². The lowest BCUT2D eigenvalue weighted by Crippen LogP contribution is -2.52. The number of guanidine groups is 1. The van der Waals surface area contributed by atoms with Gasteiger partial charge in [-0.25, -0.2) is 9.98 Å². The van der Waals surface area contributed by atoms with Crippen molar-refractivity contribution in [1.82, 2.24) is 15.2 Å². The van der Waals surface area contributed by atoms with Crippen LogP contribution in [0, 0.1) is 6.92 Å². The van der Waals surface area contributed by atoms with E-state index < -0.39 is 0 Å². The van der Waals surface area contributed by atoms with Gasteiger partial charge in [-0.3, -0.25) is 0 Å². The van der Waals surface area contributed by atoms with Gasteiger partial charge < -0.3 is 20.0 Å². The van der Waals surface area contributed by atoms with Crippen molar-refractivity contribution in [3.63, 3.8) is 0 Å². The molecule has 0 atom stereocenters. The molecule has 0 radical (unpaired) electrons. The lowest BCUT2D eigenvalue weighted by molar-refractivity contribution is 0.372. The van der Waals surface area contributed by atoms with Crippen molar-refractivity contribution in [3.8, 4) is 0 Å². The van der Waals surface area contributed by atoms with Crippen molar-refractivity contribution < 1.29 is 0 Å². The average Bonchev–Trinajstić information content (AvgIpc) is 3.15. The highest BCUT2D eigenvalue weighted by Crippen LogP contribution is 2.19. The quantitative estimate of drug-likeness (QED) is 0.377. The van der Waals surface area contributed by atoms with Crippen LogP contribution in [0.5, 0.6) is 0 Å². The number of anilines is 2. The third kappa shape index (κ3) is 5.97. The third-order valence-electron chi connectivity index (χ3n) is 4.59. The van der Waals surface area contributed by atoms with Crippen molar-refractivity contribution in [2.75, 3.05) is 56.6 Å². The summed E-state index contributed by atoms with van der Waals surface area (Å²) in [5, 5.41) is 6.56. The molecule has 0 aliphatic carbocycles. The van der Waals surface area contributed by atoms with Crippen LogP contribution in [-0.4, -0.2) is 62.7 Å². The summed E-state index contributed by atoms with van der Waals surface area (Å²) < 4.78 is 0. The Morgan fingerprint density at radius 3 is 2.61 bits per heavy atom. The number of aryl methyl sites for hydroxylation is 1. The Labute approximate surface area is 189 Å². The molecule has 2 heterocycles. The second kappa shape index (κ2) is 10.8. The molecule has 154 valence electrons. The molecule has 8 heteroatoms. The maximum absolute atomic E-state index is 4.83. The molecule has 1 aliphatic rings. The molecule has 1 aromatic carbocycles. The molecule has 1 aliphatic heterocycles. The molecule has 0 saturated carbocycles. The number of rotatable bonds is 5. The number of thiazole rings is 1. The van der Waals surface area contributed by atoms with Crippen molar-refractivity contribution in [3.05, 3.63) is 40.9 Å². The van der Waals surface area contributed by atoms with Crippen LogP contribution in [0.25, 0.3) is 0 Å². The molecule has 1 aromatic heterocycles. The van der Waals surface area contributed by atoms with Gasteiger partial charge in [-0.05, 0) is 31.5 Å². The monoisotopic (exact) mass is 514 g/mol. The average molecular weight is 514 g/mol. The lowest BCUT2D eigenvalue weighted by atomic mass is 10.2. The van der Waals surface area contributed by atoms with Gasteiger partial charge >= 0.3 is 0 Å². The highest BCUT2D eigenvalue weighted by Gasteiger charge is 2.20. The summed E-state index contributed by atoms with van der Waals surface area (Å²) in [7, 11) is 4.04. The van der Waals surface area contributed by atoms with Gasteiger partial charge in [0.1, 0.15) is 0 Å². The number of nitrogens with zero attached hydrogens (tertiary/aromatic N) is 5. The predicted molar refractivity (Wildman–Crippen MR) is 132 cm³/mol. The first-order valence-corrected chi connectivity index (χ1v) is 10.4. The van der Waals surface area contributed by atoms with Crippen molar-refractivity contribution in [1.29, 1.82) is 0 Å². The lowest BCUT2D eigenvalue weighted by Gasteiger charge is -2.37. The molecule has 0 spiro atoms. The summed E-state index contributed by atoms with van der Waals surface area (Å²) in [6.07, 6.45) is 0. The zero-order valence-corrected chi connectivity index (χ0v) is 20.3. The summed E-state index contributed by atoms with van der Waals surface area (Å²) in [5.41, 5.74) is 3.65. The third-order valence-corrected chi connectivity index (χ3v) is 5.65. The van der Waals surface area contributed by atoms with E-state index in [4.69, 9.17) is 4.99 Å². The second-order valence-corrected chi connectivity index (χ2v) is 7.84. The van der Waals surface area contributed by atoms with Gasteiger partial charge in [-0.2, -0.15) is 0 Å². The van der Waals surface area contributed by atoms with Crippen LogP contribution >= 0.6 is 35.3 Å². The first-order chi connectivity index (χ1) is 13.1. The summed E-state index contributed by atoms with van der Waals surface area (Å²) in [6, 6.07) is 8.75. The van der Waals surface area contributed by atoms with Crippen LogP contribution in [0.1, 0.15) is 18.2 Å². The highest BCUT2D eigenvalue weighted by molar-refractivity contribution is 14.0. The number of piperazine rings is 1. The van der Waals surface area contributed by atoms with Gasteiger partial charge in [0.25, 0.3) is 0 Å². The van der Waals surface area contributed by atoms with E-state index in [2.05, 4.69) is 63.6 Å². The summed E-state index contributed by atoms with van der Waals surface area (Å²) in [6.45, 7) is 9.72. The molecule has 6 nitrogen and oxygen atoms in total. The Hall–Kier alpha value is -1.55. The number of hydrogen-bond donors (Lipinski definition) is 1. The molecule has 3 rings (SSSR count). The molecule has 0 unspecified atom stereocenters. The maximum Gasteiger partial charge on any atom is 0.194 e. The molecule has 2 aromatic rings. The van der Waals surface area contributed by atoms with E-state index in [-0.39, 0.29) is 24.0 Å². The Kier molecular flexibility index (Phi) is 8.81. The van der Waals surface area contributed by atoms with E-state index in [1.54, 1.807) is 11.3 Å². The Balaban J connectivity index is 0.00000280. The van der Waals surface area contributed by atoms with Crippen molar-refractivity contribution >= 4 is 52.1 Å². The SMILES string of the molecule is CCNC(=NCc1csc(N(C)C)n1)N1CCN(c2cccc(C)c2)CC1.I. The molecule has 1 saturated heterocycles. The topological polar surface area (TPSA) is 47.0 Å². The molecular weight excluding hydrogens is 483 g/mol. The van der Waals surface area contributed by atoms with E-state index in [1.807, 2.05) is 19.0 Å². The maximum atomic E-state index is 4.83. The zero-order chi connectivity index (χ0) is 19.2. The minimum atomic E-state index is 0. The fourth-order valence-electron chi connectivity index (χ4n) is 3.16. The van der Waals surface area contributed by atoms with Gasteiger partial charge in [0.05, 0.1) is 12.2 Å². The highest BCUT2D eigenvalue weighted by atomic mass is 127. The van der Waals surface area contributed by atoms with Crippen LogP contribution in [-0.2, 0) is 6.54 Å². The Bertz CT molecular complexity index is 768. The van der Waals surface area contributed by atoms with Crippen LogP contribution in [0.2, 0.25) is 0 Å². The first-order valence-electron chi connectivity index (χ1n) is 9.53. The standard InChI is InChI=1S/C20H30N6S.HI/c1-5-21-19(22-14-17-15-27-20(23-17)24(3)4)26-11-9-25(10-12-26)18-8-6-7-16(2)13-18;/h6-8,13,15H,5,9-12,14H2,1-4H3,(H,21,22);1H.